The predicted molar refractivity (Wildman–Crippen MR) is 73.5 cm³/mol. The van der Waals surface area contributed by atoms with E-state index in [1.807, 2.05) is 30.3 Å². The van der Waals surface area contributed by atoms with E-state index >= 15 is 0 Å². The van der Waals surface area contributed by atoms with Gasteiger partial charge < -0.3 is 0 Å². The average Bonchev–Trinajstić information content (AvgIpc) is 2.73. The van der Waals surface area contributed by atoms with Gasteiger partial charge in [0.25, 0.3) is 0 Å². The quantitative estimate of drug-likeness (QED) is 0.625. The monoisotopic (exact) mass is 297 g/mol. The highest BCUT2D eigenvalue weighted by molar-refractivity contribution is 6.33. The normalized spacial score (nSPS) is 11.1. The van der Waals surface area contributed by atoms with Crippen molar-refractivity contribution in [2.45, 2.75) is 0 Å². The zero-order valence-corrected chi connectivity index (χ0v) is 11.2. The molecule has 6 heteroatoms. The molecule has 0 fully saturated rings. The van der Waals surface area contributed by atoms with Crippen LogP contribution in [0.1, 0.15) is 0 Å². The van der Waals surface area contributed by atoms with Gasteiger partial charge in [0.15, 0.2) is 5.65 Å². The highest BCUT2D eigenvalue weighted by Crippen LogP contribution is 2.24. The van der Waals surface area contributed by atoms with Crippen LogP contribution in [0.15, 0.2) is 36.4 Å². The number of benzene rings is 1. The van der Waals surface area contributed by atoms with Crippen LogP contribution >= 0.6 is 34.8 Å². The molecule has 0 saturated carbocycles. The number of nitrogens with zero attached hydrogens (tertiary/aromatic N) is 3. The maximum atomic E-state index is 6.04. The van der Waals surface area contributed by atoms with Crippen molar-refractivity contribution in [1.29, 1.82) is 0 Å². The minimum absolute atomic E-state index is 0.338. The number of rotatable bonds is 1. The summed E-state index contributed by atoms with van der Waals surface area (Å²) in [7, 11) is 0. The van der Waals surface area contributed by atoms with Crippen LogP contribution in [0.3, 0.4) is 0 Å². The fraction of sp³-hybridized carbons (Fsp3) is 0. The van der Waals surface area contributed by atoms with Gasteiger partial charge in [-0.1, -0.05) is 46.9 Å². The second kappa shape index (κ2) is 4.43. The van der Waals surface area contributed by atoms with Crippen LogP contribution in [-0.4, -0.2) is 14.6 Å². The van der Waals surface area contributed by atoms with Gasteiger partial charge in [-0.15, -0.1) is 0 Å². The lowest BCUT2D eigenvalue weighted by Crippen LogP contribution is -1.92. The zero-order chi connectivity index (χ0) is 12.7. The molecule has 0 radical (unpaired) electrons. The highest BCUT2D eigenvalue weighted by Gasteiger charge is 2.09. The fourth-order valence-electron chi connectivity index (χ4n) is 1.70. The molecule has 0 atom stereocenters. The van der Waals surface area contributed by atoms with Crippen molar-refractivity contribution in [1.82, 2.24) is 14.6 Å². The van der Waals surface area contributed by atoms with Crippen molar-refractivity contribution in [2.75, 3.05) is 0 Å². The summed E-state index contributed by atoms with van der Waals surface area (Å²) in [6, 6.07) is 10.8. The Hall–Kier alpha value is -1.29. The lowest BCUT2D eigenvalue weighted by atomic mass is 10.2. The van der Waals surface area contributed by atoms with Crippen LogP contribution in [-0.2, 0) is 0 Å². The molecule has 3 rings (SSSR count). The minimum Gasteiger partial charge on any atom is -0.217 e. The smallest absolute Gasteiger partial charge is 0.159 e. The Morgan fingerprint density at radius 2 is 1.83 bits per heavy atom. The van der Waals surface area contributed by atoms with Crippen molar-refractivity contribution in [3.8, 4) is 11.3 Å². The second-order valence-electron chi connectivity index (χ2n) is 3.71. The first kappa shape index (κ1) is 11.8. The average molecular weight is 299 g/mol. The maximum absolute atomic E-state index is 6.04. The molecule has 2 aromatic heterocycles. The van der Waals surface area contributed by atoms with Gasteiger partial charge in [-0.3, -0.25) is 0 Å². The van der Waals surface area contributed by atoms with E-state index in [0.717, 1.165) is 11.3 Å². The maximum Gasteiger partial charge on any atom is 0.159 e. The lowest BCUT2D eigenvalue weighted by molar-refractivity contribution is 0.944. The van der Waals surface area contributed by atoms with Crippen LogP contribution < -0.4 is 0 Å². The van der Waals surface area contributed by atoms with Crippen LogP contribution in [0, 0.1) is 0 Å². The number of fused-ring (bicyclic) bond motifs is 1. The molecule has 0 N–H and O–H groups in total. The SMILES string of the molecule is Clc1cccc(-c2cc3nc(Cl)cc(Cl)n3n2)c1. The first-order chi connectivity index (χ1) is 8.63. The Kier molecular flexibility index (Phi) is 2.90. The summed E-state index contributed by atoms with van der Waals surface area (Å²) in [5.74, 6) is 0. The third kappa shape index (κ3) is 2.05. The van der Waals surface area contributed by atoms with Gasteiger partial charge in [-0.05, 0) is 12.1 Å². The van der Waals surface area contributed by atoms with Crippen LogP contribution in [0.25, 0.3) is 16.9 Å². The van der Waals surface area contributed by atoms with Gasteiger partial charge >= 0.3 is 0 Å². The van der Waals surface area contributed by atoms with Gasteiger partial charge in [0.1, 0.15) is 10.3 Å². The molecule has 0 aliphatic heterocycles. The third-order valence-corrected chi connectivity index (χ3v) is 3.17. The van der Waals surface area contributed by atoms with Crippen molar-refractivity contribution < 1.29 is 0 Å². The fourth-order valence-corrected chi connectivity index (χ4v) is 2.36. The van der Waals surface area contributed by atoms with Crippen molar-refractivity contribution in [3.05, 3.63) is 51.7 Å². The molecule has 0 unspecified atom stereocenters. The Labute approximate surface area is 118 Å². The molecule has 0 bridgehead atoms. The van der Waals surface area contributed by atoms with Gasteiger partial charge in [-0.25, -0.2) is 9.50 Å². The van der Waals surface area contributed by atoms with Gasteiger partial charge in [-0.2, -0.15) is 5.10 Å². The first-order valence-electron chi connectivity index (χ1n) is 5.11. The Bertz CT molecular complexity index is 737. The number of hydrogen-bond acceptors (Lipinski definition) is 2. The van der Waals surface area contributed by atoms with Crippen molar-refractivity contribution >= 4 is 40.4 Å². The molecule has 0 amide bonds. The molecule has 0 spiro atoms. The Morgan fingerprint density at radius 1 is 1.00 bits per heavy atom. The summed E-state index contributed by atoms with van der Waals surface area (Å²) in [4.78, 5) is 4.15. The van der Waals surface area contributed by atoms with Crippen LogP contribution in [0.2, 0.25) is 15.3 Å². The van der Waals surface area contributed by atoms with E-state index in [4.69, 9.17) is 34.8 Å². The molecule has 0 saturated heterocycles. The molecule has 3 aromatic rings. The molecule has 90 valence electrons. The molecule has 2 heterocycles. The Morgan fingerprint density at radius 3 is 2.61 bits per heavy atom. The lowest BCUT2D eigenvalue weighted by Gasteiger charge is -1.97. The van der Waals surface area contributed by atoms with Gasteiger partial charge in [0.2, 0.25) is 0 Å². The second-order valence-corrected chi connectivity index (χ2v) is 4.92. The van der Waals surface area contributed by atoms with Crippen LogP contribution in [0.5, 0.6) is 0 Å². The van der Waals surface area contributed by atoms with Gasteiger partial charge in [0.05, 0.1) is 5.69 Å². The van der Waals surface area contributed by atoms with E-state index < -0.39 is 0 Å². The van der Waals surface area contributed by atoms with E-state index in [0.29, 0.717) is 21.0 Å². The summed E-state index contributed by atoms with van der Waals surface area (Å²) >= 11 is 17.8. The first-order valence-corrected chi connectivity index (χ1v) is 6.24. The van der Waals surface area contributed by atoms with E-state index in [2.05, 4.69) is 10.1 Å². The highest BCUT2D eigenvalue weighted by atomic mass is 35.5. The largest absolute Gasteiger partial charge is 0.217 e. The van der Waals surface area contributed by atoms with E-state index in [-0.39, 0.29) is 0 Å². The summed E-state index contributed by atoms with van der Waals surface area (Å²) in [5, 5.41) is 5.78. The van der Waals surface area contributed by atoms with E-state index in [1.165, 1.54) is 4.52 Å². The summed E-state index contributed by atoms with van der Waals surface area (Å²) in [5.41, 5.74) is 2.25. The topological polar surface area (TPSA) is 30.2 Å². The Balaban J connectivity index is 2.22. The van der Waals surface area contributed by atoms with Gasteiger partial charge in [0, 0.05) is 22.7 Å². The molecular weight excluding hydrogens is 293 g/mol. The molecule has 1 aromatic carbocycles. The third-order valence-electron chi connectivity index (χ3n) is 2.47. The predicted octanol–water partition coefficient (Wildman–Crippen LogP) is 4.36. The molecule has 3 nitrogen and oxygen atoms in total. The molecule has 18 heavy (non-hydrogen) atoms. The van der Waals surface area contributed by atoms with Crippen molar-refractivity contribution in [3.63, 3.8) is 0 Å². The number of aromatic nitrogens is 3. The number of halogens is 3. The summed E-state index contributed by atoms with van der Waals surface area (Å²) < 4.78 is 1.53. The van der Waals surface area contributed by atoms with E-state index in [1.54, 1.807) is 6.07 Å². The molecule has 0 aliphatic rings. The minimum atomic E-state index is 0.338. The van der Waals surface area contributed by atoms with Crippen LogP contribution in [0.4, 0.5) is 0 Å². The standard InChI is InChI=1S/C12H6Cl3N3/c13-8-3-1-2-7(4-8)9-5-12-16-10(14)6-11(15)18(12)17-9/h1-6H. The number of hydrogen-bond donors (Lipinski definition) is 0. The molecular formula is C12H6Cl3N3. The van der Waals surface area contributed by atoms with E-state index in [9.17, 15) is 0 Å². The summed E-state index contributed by atoms with van der Waals surface area (Å²) in [6.07, 6.45) is 0. The van der Waals surface area contributed by atoms with Crippen molar-refractivity contribution in [2.24, 2.45) is 0 Å². The summed E-state index contributed by atoms with van der Waals surface area (Å²) in [6.45, 7) is 0. The zero-order valence-electron chi connectivity index (χ0n) is 8.94. The molecule has 0 aliphatic carbocycles.